The minimum atomic E-state index is -0.913. The number of hydrogen-bond donors (Lipinski definition) is 3. The van der Waals surface area contributed by atoms with Crippen molar-refractivity contribution >= 4 is 28.9 Å². The highest BCUT2D eigenvalue weighted by Crippen LogP contribution is 2.31. The smallest absolute Gasteiger partial charge is 0.307 e. The van der Waals surface area contributed by atoms with Crippen molar-refractivity contribution in [1.29, 1.82) is 0 Å². The Balaban J connectivity index is 1.82. The molecule has 2 atom stereocenters. The Morgan fingerprint density at radius 3 is 2.71 bits per heavy atom. The van der Waals surface area contributed by atoms with Crippen LogP contribution in [0.2, 0.25) is 0 Å². The van der Waals surface area contributed by atoms with Gasteiger partial charge in [-0.3, -0.25) is 9.59 Å². The first kappa shape index (κ1) is 13.5. The summed E-state index contributed by atoms with van der Waals surface area (Å²) in [7, 11) is 0. The molecule has 0 unspecified atom stereocenters. The van der Waals surface area contributed by atoms with Gasteiger partial charge < -0.3 is 15.4 Å². The van der Waals surface area contributed by atoms with Crippen LogP contribution in [-0.4, -0.2) is 36.9 Å². The van der Waals surface area contributed by atoms with Gasteiger partial charge in [-0.1, -0.05) is 12.8 Å². The van der Waals surface area contributed by atoms with E-state index in [4.69, 9.17) is 0 Å². The monoisotopic (exact) mass is 289 g/mol. The molecule has 110 valence electrons. The molecule has 1 amide bonds. The number of nitrogens with one attached hydrogen (secondary N) is 2. The van der Waals surface area contributed by atoms with Gasteiger partial charge in [0.25, 0.3) is 0 Å². The largest absolute Gasteiger partial charge is 0.481 e. The van der Waals surface area contributed by atoms with Crippen LogP contribution in [0.3, 0.4) is 0 Å². The number of H-pyrrole nitrogens is 1. The number of amides is 1. The molecule has 0 saturated heterocycles. The lowest BCUT2D eigenvalue weighted by molar-refractivity contribution is -0.147. The van der Waals surface area contributed by atoms with E-state index in [2.05, 4.69) is 25.3 Å². The second kappa shape index (κ2) is 5.47. The normalized spacial score (nSPS) is 22.1. The lowest BCUT2D eigenvalue weighted by atomic mass is 9.79. The summed E-state index contributed by atoms with van der Waals surface area (Å²) < 4.78 is 0. The van der Waals surface area contributed by atoms with Gasteiger partial charge in [0.1, 0.15) is 11.8 Å². The van der Waals surface area contributed by atoms with Crippen LogP contribution in [0.5, 0.6) is 0 Å². The number of carboxylic acid groups (broad SMARTS) is 1. The van der Waals surface area contributed by atoms with Crippen molar-refractivity contribution < 1.29 is 14.7 Å². The van der Waals surface area contributed by atoms with E-state index in [1.165, 1.54) is 12.7 Å². The van der Waals surface area contributed by atoms with Crippen LogP contribution in [0.15, 0.2) is 12.7 Å². The molecule has 0 aliphatic heterocycles. The van der Waals surface area contributed by atoms with E-state index in [1.54, 1.807) is 0 Å². The second-order valence-corrected chi connectivity index (χ2v) is 5.15. The first-order valence-corrected chi connectivity index (χ1v) is 6.84. The summed E-state index contributed by atoms with van der Waals surface area (Å²) >= 11 is 0. The molecule has 0 spiro atoms. The molecule has 0 radical (unpaired) electrons. The predicted octanol–water partition coefficient (Wildman–Crippen LogP) is 1.18. The number of rotatable bonds is 3. The molecule has 1 aliphatic carbocycles. The van der Waals surface area contributed by atoms with Crippen molar-refractivity contribution in [2.24, 2.45) is 11.8 Å². The van der Waals surface area contributed by atoms with Gasteiger partial charge in [0.15, 0.2) is 11.5 Å². The standard InChI is InChI=1S/C13H15N5O3/c19-12(7-3-1-2-4-8(7)13(20)21)18-11-9-10(15-5-14-9)16-6-17-11/h5-8H,1-4H2,(H,20,21)(H2,14,15,16,17,18,19)/t7-,8+/m1/s1. The second-order valence-electron chi connectivity index (χ2n) is 5.15. The van der Waals surface area contributed by atoms with E-state index in [0.717, 1.165) is 12.8 Å². The molecular formula is C13H15N5O3. The molecule has 1 aliphatic rings. The van der Waals surface area contributed by atoms with Gasteiger partial charge in [0.2, 0.25) is 5.91 Å². The van der Waals surface area contributed by atoms with Gasteiger partial charge in [-0.25, -0.2) is 15.0 Å². The Morgan fingerprint density at radius 2 is 1.95 bits per heavy atom. The van der Waals surface area contributed by atoms with Crippen molar-refractivity contribution in [2.45, 2.75) is 25.7 Å². The molecule has 2 aromatic rings. The highest BCUT2D eigenvalue weighted by atomic mass is 16.4. The molecule has 3 rings (SSSR count). The SMILES string of the molecule is O=C(O)[C@H]1CCCC[C@H]1C(=O)Nc1ncnc2nc[nH]c12. The van der Waals surface area contributed by atoms with Gasteiger partial charge in [-0.15, -0.1) is 0 Å². The minimum absolute atomic E-state index is 0.309. The zero-order chi connectivity index (χ0) is 14.8. The predicted molar refractivity (Wildman–Crippen MR) is 73.4 cm³/mol. The maximum Gasteiger partial charge on any atom is 0.307 e. The molecule has 3 N–H and O–H groups in total. The summed E-state index contributed by atoms with van der Waals surface area (Å²) in [4.78, 5) is 38.5. The van der Waals surface area contributed by atoms with Crippen LogP contribution < -0.4 is 5.32 Å². The van der Waals surface area contributed by atoms with Gasteiger partial charge in [0.05, 0.1) is 18.2 Å². The molecule has 21 heavy (non-hydrogen) atoms. The van der Waals surface area contributed by atoms with E-state index in [1.807, 2.05) is 0 Å². The number of carbonyl (C=O) groups is 2. The molecule has 8 nitrogen and oxygen atoms in total. The van der Waals surface area contributed by atoms with Crippen molar-refractivity contribution in [2.75, 3.05) is 5.32 Å². The van der Waals surface area contributed by atoms with Crippen LogP contribution >= 0.6 is 0 Å². The maximum absolute atomic E-state index is 12.4. The number of aliphatic carboxylic acids is 1. The lowest BCUT2D eigenvalue weighted by Crippen LogP contribution is -2.36. The molecule has 1 saturated carbocycles. The number of carbonyl (C=O) groups excluding carboxylic acids is 1. The third-order valence-electron chi connectivity index (χ3n) is 3.88. The molecular weight excluding hydrogens is 274 g/mol. The highest BCUT2D eigenvalue weighted by Gasteiger charge is 2.36. The summed E-state index contributed by atoms with van der Waals surface area (Å²) in [5.41, 5.74) is 0.993. The van der Waals surface area contributed by atoms with E-state index in [0.29, 0.717) is 29.8 Å². The minimum Gasteiger partial charge on any atom is -0.481 e. The zero-order valence-corrected chi connectivity index (χ0v) is 11.2. The Morgan fingerprint density at radius 1 is 1.19 bits per heavy atom. The number of aromatic amines is 1. The summed E-state index contributed by atoms with van der Waals surface area (Å²) in [6.45, 7) is 0. The van der Waals surface area contributed by atoms with Crippen LogP contribution in [0, 0.1) is 11.8 Å². The maximum atomic E-state index is 12.4. The van der Waals surface area contributed by atoms with Gasteiger partial charge in [-0.2, -0.15) is 0 Å². The zero-order valence-electron chi connectivity index (χ0n) is 11.2. The van der Waals surface area contributed by atoms with E-state index in [-0.39, 0.29) is 5.91 Å². The van der Waals surface area contributed by atoms with E-state index in [9.17, 15) is 14.7 Å². The summed E-state index contributed by atoms with van der Waals surface area (Å²) in [5, 5.41) is 11.9. The Bertz CT molecular complexity index is 683. The molecule has 8 heteroatoms. The van der Waals surface area contributed by atoms with Crippen LogP contribution in [0.25, 0.3) is 11.2 Å². The van der Waals surface area contributed by atoms with Gasteiger partial charge in [0, 0.05) is 0 Å². The van der Waals surface area contributed by atoms with Crippen LogP contribution in [-0.2, 0) is 9.59 Å². The Hall–Kier alpha value is -2.51. The quantitative estimate of drug-likeness (QED) is 0.780. The number of aromatic nitrogens is 4. The fourth-order valence-corrected chi connectivity index (χ4v) is 2.81. The van der Waals surface area contributed by atoms with Gasteiger partial charge >= 0.3 is 5.97 Å². The van der Waals surface area contributed by atoms with E-state index < -0.39 is 17.8 Å². The summed E-state index contributed by atoms with van der Waals surface area (Å²) in [6.07, 6.45) is 5.62. The average Bonchev–Trinajstić information content (AvgIpc) is 2.96. The van der Waals surface area contributed by atoms with Crippen molar-refractivity contribution in [3.8, 4) is 0 Å². The molecule has 0 bridgehead atoms. The highest BCUT2D eigenvalue weighted by molar-refractivity contribution is 5.99. The molecule has 1 fully saturated rings. The lowest BCUT2D eigenvalue weighted by Gasteiger charge is -2.27. The first-order valence-electron chi connectivity index (χ1n) is 6.84. The molecule has 0 aromatic carbocycles. The fourth-order valence-electron chi connectivity index (χ4n) is 2.81. The molecule has 2 heterocycles. The summed E-state index contributed by atoms with van der Waals surface area (Å²) in [6, 6.07) is 0. The third-order valence-corrected chi connectivity index (χ3v) is 3.88. The van der Waals surface area contributed by atoms with Crippen molar-refractivity contribution in [1.82, 2.24) is 19.9 Å². The van der Waals surface area contributed by atoms with Crippen molar-refractivity contribution in [3.05, 3.63) is 12.7 Å². The van der Waals surface area contributed by atoms with Crippen LogP contribution in [0.4, 0.5) is 5.82 Å². The Labute approximate surface area is 120 Å². The van der Waals surface area contributed by atoms with Crippen LogP contribution in [0.1, 0.15) is 25.7 Å². The third kappa shape index (κ3) is 2.56. The van der Waals surface area contributed by atoms with Gasteiger partial charge in [-0.05, 0) is 12.8 Å². The number of nitrogens with zero attached hydrogens (tertiary/aromatic N) is 3. The number of imidazole rings is 1. The Kier molecular flexibility index (Phi) is 3.51. The fraction of sp³-hybridized carbons (Fsp3) is 0.462. The first-order chi connectivity index (χ1) is 10.2. The molecule has 2 aromatic heterocycles. The number of hydrogen-bond acceptors (Lipinski definition) is 5. The topological polar surface area (TPSA) is 121 Å². The number of carboxylic acids is 1. The number of fused-ring (bicyclic) bond motifs is 1. The van der Waals surface area contributed by atoms with Crippen molar-refractivity contribution in [3.63, 3.8) is 0 Å². The van der Waals surface area contributed by atoms with E-state index >= 15 is 0 Å². The average molecular weight is 289 g/mol. The number of anilines is 1. The summed E-state index contributed by atoms with van der Waals surface area (Å²) in [5.74, 6) is -2.04.